The van der Waals surface area contributed by atoms with Crippen molar-refractivity contribution in [1.29, 1.82) is 0 Å². The molecule has 0 radical (unpaired) electrons. The number of ketones is 1. The number of carbonyl (C=O) groups is 2. The van der Waals surface area contributed by atoms with Gasteiger partial charge in [-0.3, -0.25) is 9.59 Å². The van der Waals surface area contributed by atoms with Gasteiger partial charge in [-0.15, -0.1) is 0 Å². The van der Waals surface area contributed by atoms with Crippen molar-refractivity contribution in [2.75, 3.05) is 20.3 Å². The summed E-state index contributed by atoms with van der Waals surface area (Å²) in [5.41, 5.74) is 2.03. The molecule has 1 aliphatic heterocycles. The van der Waals surface area contributed by atoms with E-state index in [0.29, 0.717) is 5.56 Å². The summed E-state index contributed by atoms with van der Waals surface area (Å²) in [4.78, 5) is 27.5. The molecule has 176 valence electrons. The maximum absolute atomic E-state index is 13.1. The Morgan fingerprint density at radius 1 is 1.12 bits per heavy atom. The van der Waals surface area contributed by atoms with Crippen molar-refractivity contribution in [3.8, 4) is 5.75 Å². The Morgan fingerprint density at radius 2 is 1.73 bits per heavy atom. The second kappa shape index (κ2) is 10.6. The zero-order valence-electron chi connectivity index (χ0n) is 19.0. The molecule has 2 aromatic rings. The lowest BCUT2D eigenvalue weighted by atomic mass is 9.94. The largest absolute Gasteiger partial charge is 0.507 e. The number of ether oxygens (including phenoxy) is 2. The first-order chi connectivity index (χ1) is 15.7. The fraction of sp³-hybridized carbons (Fsp3) is 0.360. The molecule has 0 aliphatic carbocycles. The van der Waals surface area contributed by atoms with Gasteiger partial charge in [0.1, 0.15) is 5.76 Å². The Kier molecular flexibility index (Phi) is 8.05. The van der Waals surface area contributed by atoms with E-state index in [1.54, 1.807) is 0 Å². The van der Waals surface area contributed by atoms with Gasteiger partial charge in [0.05, 0.1) is 41.5 Å². The number of aliphatic hydroxyl groups is 1. The third-order valence-electron chi connectivity index (χ3n) is 5.50. The summed E-state index contributed by atoms with van der Waals surface area (Å²) in [5.74, 6) is -1.56. The number of aliphatic hydroxyl groups excluding tert-OH is 1. The molecule has 0 spiro atoms. The molecule has 1 heterocycles. The lowest BCUT2D eigenvalue weighted by molar-refractivity contribution is -0.140. The molecule has 0 aromatic heterocycles. The summed E-state index contributed by atoms with van der Waals surface area (Å²) in [6, 6.07) is 9.76. The standard InChI is InChI=1S/C25H27Cl2NO5/c1-5-15-6-8-16(9-7-15)21-20(23(30)25(31)28(21)10-11-33-14(2)3)22(29)17-12-18(26)24(32-4)19(27)13-17/h6-9,12-14,21,29H,5,10-11H2,1-4H3/b22-20+. The molecular formula is C25H27Cl2NO5. The number of likely N-dealkylation sites (tertiary alicyclic amines) is 1. The number of amides is 1. The number of aryl methyl sites for hydroxylation is 1. The number of Topliss-reactive ketones (excluding diaryl/α,β-unsaturated/α-hetero) is 1. The second-order valence-electron chi connectivity index (χ2n) is 7.98. The zero-order valence-corrected chi connectivity index (χ0v) is 20.5. The Bertz CT molecular complexity index is 1060. The highest BCUT2D eigenvalue weighted by molar-refractivity contribution is 6.46. The Hall–Kier alpha value is -2.54. The molecular weight excluding hydrogens is 465 g/mol. The maximum atomic E-state index is 13.1. The Labute approximate surface area is 203 Å². The summed E-state index contributed by atoms with van der Waals surface area (Å²) in [6.45, 7) is 6.29. The van der Waals surface area contributed by atoms with Crippen molar-refractivity contribution in [3.63, 3.8) is 0 Å². The summed E-state index contributed by atoms with van der Waals surface area (Å²) in [5, 5.41) is 11.5. The van der Waals surface area contributed by atoms with E-state index in [9.17, 15) is 14.7 Å². The molecule has 1 saturated heterocycles. The third-order valence-corrected chi connectivity index (χ3v) is 6.06. The maximum Gasteiger partial charge on any atom is 0.295 e. The number of rotatable bonds is 8. The van der Waals surface area contributed by atoms with Crippen LogP contribution in [0, 0.1) is 0 Å². The number of halogens is 2. The van der Waals surface area contributed by atoms with E-state index in [-0.39, 0.29) is 51.9 Å². The van der Waals surface area contributed by atoms with Crippen LogP contribution in [0.15, 0.2) is 42.0 Å². The van der Waals surface area contributed by atoms with E-state index < -0.39 is 17.7 Å². The van der Waals surface area contributed by atoms with Crippen LogP contribution >= 0.6 is 23.2 Å². The SMILES string of the molecule is CCc1ccc(C2/C(=C(\O)c3cc(Cl)c(OC)c(Cl)c3)C(=O)C(=O)N2CCOC(C)C)cc1. The Balaban J connectivity index is 2.13. The molecule has 1 fully saturated rings. The molecule has 6 nitrogen and oxygen atoms in total. The highest BCUT2D eigenvalue weighted by atomic mass is 35.5. The summed E-state index contributed by atoms with van der Waals surface area (Å²) < 4.78 is 10.8. The number of hydrogen-bond donors (Lipinski definition) is 1. The molecule has 1 atom stereocenters. The van der Waals surface area contributed by atoms with Gasteiger partial charge in [-0.05, 0) is 43.5 Å². The second-order valence-corrected chi connectivity index (χ2v) is 8.79. The van der Waals surface area contributed by atoms with Gasteiger partial charge in [-0.25, -0.2) is 0 Å². The number of methoxy groups -OCH3 is 1. The molecule has 0 saturated carbocycles. The lowest BCUT2D eigenvalue weighted by Gasteiger charge is -2.26. The van der Waals surface area contributed by atoms with E-state index in [2.05, 4.69) is 0 Å². The van der Waals surface area contributed by atoms with Crippen LogP contribution < -0.4 is 4.74 Å². The minimum absolute atomic E-state index is 0.0207. The average molecular weight is 492 g/mol. The van der Waals surface area contributed by atoms with Crippen LogP contribution in [0.2, 0.25) is 10.0 Å². The molecule has 1 aliphatic rings. The lowest BCUT2D eigenvalue weighted by Crippen LogP contribution is -2.33. The van der Waals surface area contributed by atoms with E-state index >= 15 is 0 Å². The molecule has 1 unspecified atom stereocenters. The van der Waals surface area contributed by atoms with E-state index in [1.165, 1.54) is 24.1 Å². The molecule has 1 N–H and O–H groups in total. The van der Waals surface area contributed by atoms with Crippen molar-refractivity contribution < 1.29 is 24.2 Å². The first-order valence-electron chi connectivity index (χ1n) is 10.7. The van der Waals surface area contributed by atoms with Crippen LogP contribution in [0.4, 0.5) is 0 Å². The number of nitrogens with zero attached hydrogens (tertiary/aromatic N) is 1. The molecule has 1 amide bonds. The van der Waals surface area contributed by atoms with Crippen molar-refractivity contribution >= 4 is 40.7 Å². The molecule has 8 heteroatoms. The van der Waals surface area contributed by atoms with Gasteiger partial charge in [-0.2, -0.15) is 0 Å². The first-order valence-corrected chi connectivity index (χ1v) is 11.5. The van der Waals surface area contributed by atoms with Gasteiger partial charge >= 0.3 is 0 Å². The fourth-order valence-electron chi connectivity index (χ4n) is 3.83. The monoisotopic (exact) mass is 491 g/mol. The van der Waals surface area contributed by atoms with Gasteiger partial charge < -0.3 is 19.5 Å². The van der Waals surface area contributed by atoms with Crippen LogP contribution in [0.3, 0.4) is 0 Å². The molecule has 2 aromatic carbocycles. The van der Waals surface area contributed by atoms with Gasteiger partial charge in [-0.1, -0.05) is 54.4 Å². The van der Waals surface area contributed by atoms with Crippen LogP contribution in [0.5, 0.6) is 5.75 Å². The van der Waals surface area contributed by atoms with Crippen LogP contribution in [-0.2, 0) is 20.7 Å². The van der Waals surface area contributed by atoms with Crippen molar-refractivity contribution in [3.05, 3.63) is 68.7 Å². The third kappa shape index (κ3) is 5.18. The highest BCUT2D eigenvalue weighted by Gasteiger charge is 2.46. The summed E-state index contributed by atoms with van der Waals surface area (Å²) >= 11 is 12.5. The number of benzene rings is 2. The van der Waals surface area contributed by atoms with Crippen LogP contribution in [0.1, 0.15) is 43.5 Å². The van der Waals surface area contributed by atoms with Crippen molar-refractivity contribution in [2.24, 2.45) is 0 Å². The van der Waals surface area contributed by atoms with Gasteiger partial charge in [0.15, 0.2) is 5.75 Å². The molecule has 33 heavy (non-hydrogen) atoms. The first kappa shape index (κ1) is 25.1. The minimum atomic E-state index is -0.773. The molecule has 0 bridgehead atoms. The van der Waals surface area contributed by atoms with Crippen molar-refractivity contribution in [1.82, 2.24) is 4.90 Å². The predicted octanol–water partition coefficient (Wildman–Crippen LogP) is 5.41. The number of hydrogen-bond acceptors (Lipinski definition) is 5. The zero-order chi connectivity index (χ0) is 24.3. The van der Waals surface area contributed by atoms with Crippen LogP contribution in [-0.4, -0.2) is 48.1 Å². The quantitative estimate of drug-likeness (QED) is 0.303. The van der Waals surface area contributed by atoms with Gasteiger partial charge in [0.25, 0.3) is 11.7 Å². The normalized spacial score (nSPS) is 17.8. The molecule has 3 rings (SSSR count). The summed E-state index contributed by atoms with van der Waals surface area (Å²) in [7, 11) is 1.43. The smallest absolute Gasteiger partial charge is 0.295 e. The van der Waals surface area contributed by atoms with E-state index in [1.807, 2.05) is 45.0 Å². The average Bonchev–Trinajstić information content (AvgIpc) is 3.03. The van der Waals surface area contributed by atoms with E-state index in [4.69, 9.17) is 32.7 Å². The van der Waals surface area contributed by atoms with Gasteiger partial charge in [0, 0.05) is 12.1 Å². The van der Waals surface area contributed by atoms with Gasteiger partial charge in [0.2, 0.25) is 0 Å². The predicted molar refractivity (Wildman–Crippen MR) is 129 cm³/mol. The Morgan fingerprint density at radius 3 is 2.24 bits per heavy atom. The summed E-state index contributed by atoms with van der Waals surface area (Å²) in [6.07, 6.45) is 0.832. The topological polar surface area (TPSA) is 76.1 Å². The van der Waals surface area contributed by atoms with Crippen molar-refractivity contribution in [2.45, 2.75) is 39.3 Å². The fourth-order valence-corrected chi connectivity index (χ4v) is 4.47. The highest BCUT2D eigenvalue weighted by Crippen LogP contribution is 2.41. The van der Waals surface area contributed by atoms with Crippen LogP contribution in [0.25, 0.3) is 5.76 Å². The minimum Gasteiger partial charge on any atom is -0.507 e. The number of carbonyl (C=O) groups excluding carboxylic acids is 2. The van der Waals surface area contributed by atoms with E-state index in [0.717, 1.165) is 12.0 Å².